The van der Waals surface area contributed by atoms with Gasteiger partial charge in [0.2, 0.25) is 20.0 Å². The number of hydrogen-bond acceptors (Lipinski definition) is 7. The number of nitro groups is 1. The molecule has 0 saturated carbocycles. The Morgan fingerprint density at radius 3 is 2.62 bits per heavy atom. The Labute approximate surface area is 152 Å². The van der Waals surface area contributed by atoms with Crippen LogP contribution in [0, 0.1) is 16.0 Å². The molecular formula is C14H21N3O7S2. The lowest BCUT2D eigenvalue weighted by atomic mass is 10.0. The maximum absolute atomic E-state index is 12.8. The van der Waals surface area contributed by atoms with Crippen molar-refractivity contribution in [2.24, 2.45) is 5.92 Å². The summed E-state index contributed by atoms with van der Waals surface area (Å²) < 4.78 is 56.6. The van der Waals surface area contributed by atoms with Gasteiger partial charge in [-0.25, -0.2) is 21.6 Å². The number of nitrogens with zero attached hydrogens (tertiary/aromatic N) is 2. The van der Waals surface area contributed by atoms with Crippen molar-refractivity contribution in [3.8, 4) is 5.75 Å². The van der Waals surface area contributed by atoms with Crippen LogP contribution in [0.15, 0.2) is 23.1 Å². The summed E-state index contributed by atoms with van der Waals surface area (Å²) in [7, 11) is -6.03. The first-order valence-electron chi connectivity index (χ1n) is 7.82. The van der Waals surface area contributed by atoms with Crippen molar-refractivity contribution in [3.63, 3.8) is 0 Å². The Bertz CT molecular complexity index is 884. The average Bonchev–Trinajstić information content (AvgIpc) is 2.59. The Hall–Kier alpha value is -1.76. The third-order valence-electron chi connectivity index (χ3n) is 4.10. The molecule has 1 saturated heterocycles. The van der Waals surface area contributed by atoms with Crippen molar-refractivity contribution >= 4 is 25.7 Å². The van der Waals surface area contributed by atoms with Gasteiger partial charge in [0.05, 0.1) is 23.2 Å². The van der Waals surface area contributed by atoms with E-state index in [9.17, 15) is 26.9 Å². The zero-order chi connectivity index (χ0) is 19.5. The molecule has 2 rings (SSSR count). The fraction of sp³-hybridized carbons (Fsp3) is 0.571. The molecule has 1 fully saturated rings. The largest absolute Gasteiger partial charge is 0.490 e. The lowest BCUT2D eigenvalue weighted by Crippen LogP contribution is -2.43. The van der Waals surface area contributed by atoms with Gasteiger partial charge in [-0.05, 0) is 30.9 Å². The lowest BCUT2D eigenvalue weighted by molar-refractivity contribution is -0.386. The standard InChI is InChI=1S/C14H21N3O7S2/c1-24-14-6-5-12(8-13(14)17(18)19)26(22,23)16-7-3-4-11(10-16)9-15-25(2,20)21/h5-6,8,11,15H,3-4,7,9-10H2,1-2H3. The number of methoxy groups -OCH3 is 1. The summed E-state index contributed by atoms with van der Waals surface area (Å²) >= 11 is 0. The van der Waals surface area contributed by atoms with Crippen LogP contribution in [0.4, 0.5) is 5.69 Å². The molecule has 12 heteroatoms. The second kappa shape index (κ2) is 7.86. The van der Waals surface area contributed by atoms with Gasteiger partial charge in [0.1, 0.15) is 0 Å². The zero-order valence-corrected chi connectivity index (χ0v) is 16.0. The molecule has 1 aromatic carbocycles. The Kier molecular flexibility index (Phi) is 6.21. The van der Waals surface area contributed by atoms with Crippen molar-refractivity contribution in [1.29, 1.82) is 0 Å². The van der Waals surface area contributed by atoms with E-state index in [1.54, 1.807) is 0 Å². The van der Waals surface area contributed by atoms with E-state index in [1.165, 1.54) is 23.5 Å². The van der Waals surface area contributed by atoms with Crippen LogP contribution in [-0.2, 0) is 20.0 Å². The second-order valence-corrected chi connectivity index (χ2v) is 9.85. The second-order valence-electron chi connectivity index (χ2n) is 6.08. The summed E-state index contributed by atoms with van der Waals surface area (Å²) in [5, 5.41) is 11.1. The molecule has 26 heavy (non-hydrogen) atoms. The van der Waals surface area contributed by atoms with Crippen LogP contribution >= 0.6 is 0 Å². The molecule has 1 heterocycles. The number of sulfonamides is 2. The number of benzene rings is 1. The summed E-state index contributed by atoms with van der Waals surface area (Å²) in [6, 6.07) is 3.49. The monoisotopic (exact) mass is 407 g/mol. The van der Waals surface area contributed by atoms with Crippen LogP contribution < -0.4 is 9.46 Å². The van der Waals surface area contributed by atoms with Crippen LogP contribution in [0.1, 0.15) is 12.8 Å². The Morgan fingerprint density at radius 1 is 1.35 bits per heavy atom. The number of nitrogens with one attached hydrogen (secondary N) is 1. The smallest absolute Gasteiger partial charge is 0.312 e. The highest BCUT2D eigenvalue weighted by molar-refractivity contribution is 7.89. The van der Waals surface area contributed by atoms with Crippen LogP contribution in [-0.4, -0.2) is 59.1 Å². The van der Waals surface area contributed by atoms with Crippen molar-refractivity contribution in [2.75, 3.05) is 33.0 Å². The predicted octanol–water partition coefficient (Wildman–Crippen LogP) is 0.553. The molecule has 0 aliphatic carbocycles. The van der Waals surface area contributed by atoms with Crippen LogP contribution in [0.5, 0.6) is 5.75 Å². The van der Waals surface area contributed by atoms with Gasteiger partial charge in [-0.2, -0.15) is 4.31 Å². The molecule has 1 atom stereocenters. The first-order valence-corrected chi connectivity index (χ1v) is 11.1. The average molecular weight is 407 g/mol. The third kappa shape index (κ3) is 4.90. The summed E-state index contributed by atoms with van der Waals surface area (Å²) in [6.45, 7) is 0.565. The first kappa shape index (κ1) is 20.6. The molecule has 0 aromatic heterocycles. The molecule has 0 spiro atoms. The van der Waals surface area contributed by atoms with E-state index in [1.807, 2.05) is 0 Å². The quantitative estimate of drug-likeness (QED) is 0.515. The predicted molar refractivity (Wildman–Crippen MR) is 94.0 cm³/mol. The van der Waals surface area contributed by atoms with E-state index < -0.39 is 30.7 Å². The van der Waals surface area contributed by atoms with Gasteiger partial charge in [-0.3, -0.25) is 10.1 Å². The first-order chi connectivity index (χ1) is 12.0. The molecule has 1 unspecified atom stereocenters. The van der Waals surface area contributed by atoms with E-state index in [4.69, 9.17) is 4.74 Å². The van der Waals surface area contributed by atoms with Gasteiger partial charge in [0.15, 0.2) is 5.75 Å². The van der Waals surface area contributed by atoms with Crippen LogP contribution in [0.25, 0.3) is 0 Å². The highest BCUT2D eigenvalue weighted by Gasteiger charge is 2.32. The van der Waals surface area contributed by atoms with E-state index >= 15 is 0 Å². The topological polar surface area (TPSA) is 136 Å². The van der Waals surface area contributed by atoms with Crippen molar-refractivity contribution < 1.29 is 26.5 Å². The molecule has 1 aromatic rings. The summed E-state index contributed by atoms with van der Waals surface area (Å²) in [4.78, 5) is 10.2. The maximum atomic E-state index is 12.8. The van der Waals surface area contributed by atoms with E-state index in [0.29, 0.717) is 12.8 Å². The van der Waals surface area contributed by atoms with E-state index in [0.717, 1.165) is 12.3 Å². The minimum Gasteiger partial charge on any atom is -0.490 e. The molecule has 146 valence electrons. The molecule has 1 N–H and O–H groups in total. The summed E-state index contributed by atoms with van der Waals surface area (Å²) in [5.41, 5.74) is -0.430. The normalized spacial score (nSPS) is 19.2. The SMILES string of the molecule is COc1ccc(S(=O)(=O)N2CCCC(CNS(C)(=O)=O)C2)cc1[N+](=O)[O-]. The lowest BCUT2D eigenvalue weighted by Gasteiger charge is -2.31. The van der Waals surface area contributed by atoms with Gasteiger partial charge in [-0.15, -0.1) is 0 Å². The fourth-order valence-corrected chi connectivity index (χ4v) is 4.92. The van der Waals surface area contributed by atoms with Gasteiger partial charge in [0.25, 0.3) is 0 Å². The fourth-order valence-electron chi connectivity index (χ4n) is 2.80. The number of hydrogen-bond donors (Lipinski definition) is 1. The molecule has 0 bridgehead atoms. The summed E-state index contributed by atoms with van der Waals surface area (Å²) in [5.74, 6) is -0.190. The molecule has 10 nitrogen and oxygen atoms in total. The highest BCUT2D eigenvalue weighted by atomic mass is 32.2. The van der Waals surface area contributed by atoms with E-state index in [2.05, 4.69) is 4.72 Å². The Morgan fingerprint density at radius 2 is 2.04 bits per heavy atom. The van der Waals surface area contributed by atoms with Gasteiger partial charge < -0.3 is 4.74 Å². The molecular weight excluding hydrogens is 386 g/mol. The van der Waals surface area contributed by atoms with Crippen molar-refractivity contribution in [3.05, 3.63) is 28.3 Å². The molecule has 1 aliphatic heterocycles. The molecule has 0 radical (unpaired) electrons. The number of ether oxygens (including phenoxy) is 1. The van der Waals surface area contributed by atoms with Gasteiger partial charge in [-0.1, -0.05) is 0 Å². The van der Waals surface area contributed by atoms with Crippen LogP contribution in [0.2, 0.25) is 0 Å². The minimum absolute atomic E-state index is 0.0252. The molecule has 0 amide bonds. The van der Waals surface area contributed by atoms with Crippen molar-refractivity contribution in [1.82, 2.24) is 9.03 Å². The van der Waals surface area contributed by atoms with E-state index in [-0.39, 0.29) is 36.2 Å². The number of nitro benzene ring substituents is 1. The zero-order valence-electron chi connectivity index (χ0n) is 14.4. The maximum Gasteiger partial charge on any atom is 0.312 e. The Balaban J connectivity index is 2.24. The molecule has 1 aliphatic rings. The van der Waals surface area contributed by atoms with Crippen molar-refractivity contribution in [2.45, 2.75) is 17.7 Å². The summed E-state index contributed by atoms with van der Waals surface area (Å²) in [6.07, 6.45) is 2.31. The number of rotatable bonds is 7. The number of piperidine rings is 1. The van der Waals surface area contributed by atoms with Gasteiger partial charge in [0, 0.05) is 25.7 Å². The third-order valence-corrected chi connectivity index (χ3v) is 6.65. The van der Waals surface area contributed by atoms with Gasteiger partial charge >= 0.3 is 5.69 Å². The van der Waals surface area contributed by atoms with Crippen LogP contribution in [0.3, 0.4) is 0 Å². The highest BCUT2D eigenvalue weighted by Crippen LogP contribution is 2.31. The minimum atomic E-state index is -3.93.